The first-order valence-electron chi connectivity index (χ1n) is 15.3. The molecule has 0 radical (unpaired) electrons. The lowest BCUT2D eigenvalue weighted by atomic mass is 9.73. The third-order valence-electron chi connectivity index (χ3n) is 9.28. The van der Waals surface area contributed by atoms with Gasteiger partial charge in [0.2, 0.25) is 5.91 Å². The van der Waals surface area contributed by atoms with Gasteiger partial charge in [0.15, 0.2) is 0 Å². The Morgan fingerprint density at radius 2 is 1.50 bits per heavy atom. The van der Waals surface area contributed by atoms with E-state index in [0.717, 1.165) is 72.1 Å². The zero-order valence-electron chi connectivity index (χ0n) is 24.8. The molecule has 2 aliphatic rings. The molecule has 0 atom stereocenters. The van der Waals surface area contributed by atoms with Crippen molar-refractivity contribution in [2.24, 2.45) is 7.05 Å². The average molecular weight is 603 g/mol. The van der Waals surface area contributed by atoms with Crippen molar-refractivity contribution in [3.63, 3.8) is 0 Å². The fraction of sp³-hybridized carbons (Fsp3) is 0.371. The van der Waals surface area contributed by atoms with Gasteiger partial charge in [-0.15, -0.1) is 0 Å². The minimum atomic E-state index is -4.49. The summed E-state index contributed by atoms with van der Waals surface area (Å²) in [6.45, 7) is 1.17. The van der Waals surface area contributed by atoms with E-state index in [1.165, 1.54) is 0 Å². The van der Waals surface area contributed by atoms with E-state index in [9.17, 15) is 22.8 Å². The summed E-state index contributed by atoms with van der Waals surface area (Å²) in [7, 11) is 1.91. The van der Waals surface area contributed by atoms with Crippen molar-refractivity contribution in [2.75, 3.05) is 26.2 Å². The number of nitrogens with zero attached hydrogens (tertiary/aromatic N) is 2. The van der Waals surface area contributed by atoms with Gasteiger partial charge in [0.25, 0.3) is 5.91 Å². The van der Waals surface area contributed by atoms with E-state index < -0.39 is 24.0 Å². The number of hydrogen-bond donors (Lipinski definition) is 2. The highest BCUT2D eigenvalue weighted by Crippen LogP contribution is 2.51. The average Bonchev–Trinajstić information content (AvgIpc) is 3.51. The fourth-order valence-corrected chi connectivity index (χ4v) is 7.08. The second-order valence-electron chi connectivity index (χ2n) is 12.0. The third kappa shape index (κ3) is 5.73. The van der Waals surface area contributed by atoms with E-state index in [1.54, 1.807) is 0 Å². The fourth-order valence-electron chi connectivity index (χ4n) is 7.08. The van der Waals surface area contributed by atoms with Crippen molar-refractivity contribution in [2.45, 2.75) is 49.7 Å². The maximum atomic E-state index is 13.7. The van der Waals surface area contributed by atoms with Crippen molar-refractivity contribution >= 4 is 22.7 Å². The van der Waals surface area contributed by atoms with Crippen LogP contribution in [0.5, 0.6) is 0 Å². The predicted molar refractivity (Wildman–Crippen MR) is 165 cm³/mol. The molecule has 2 N–H and O–H groups in total. The largest absolute Gasteiger partial charge is 0.405 e. The molecule has 4 aromatic rings. The number of hydrogen-bond acceptors (Lipinski definition) is 3. The monoisotopic (exact) mass is 602 g/mol. The third-order valence-corrected chi connectivity index (χ3v) is 9.28. The first kappa shape index (κ1) is 29.9. The number of amides is 2. The summed E-state index contributed by atoms with van der Waals surface area (Å²) < 4.78 is 41.3. The second-order valence-corrected chi connectivity index (χ2v) is 12.0. The van der Waals surface area contributed by atoms with Crippen molar-refractivity contribution in [1.29, 1.82) is 0 Å². The van der Waals surface area contributed by atoms with Crippen LogP contribution in [0, 0.1) is 0 Å². The van der Waals surface area contributed by atoms with Gasteiger partial charge in [-0.25, -0.2) is 0 Å². The molecule has 9 heteroatoms. The Morgan fingerprint density at radius 1 is 0.886 bits per heavy atom. The summed E-state index contributed by atoms with van der Waals surface area (Å²) in [5, 5.41) is 6.46. The Hall–Kier alpha value is -4.11. The van der Waals surface area contributed by atoms with Gasteiger partial charge in [-0.2, -0.15) is 13.2 Å². The Kier molecular flexibility index (Phi) is 8.24. The number of carbonyl (C=O) groups is 2. The number of nitrogens with one attached hydrogen (secondary N) is 2. The van der Waals surface area contributed by atoms with Gasteiger partial charge in [0.05, 0.1) is 0 Å². The van der Waals surface area contributed by atoms with Crippen LogP contribution >= 0.6 is 0 Å². The maximum Gasteiger partial charge on any atom is 0.405 e. The van der Waals surface area contributed by atoms with E-state index in [-0.39, 0.29) is 11.9 Å². The summed E-state index contributed by atoms with van der Waals surface area (Å²) in [6, 6.07) is 25.1. The molecule has 1 aromatic heterocycles. The molecule has 1 aliphatic heterocycles. The number of rotatable bonds is 9. The van der Waals surface area contributed by atoms with Gasteiger partial charge >= 0.3 is 6.18 Å². The number of benzene rings is 3. The van der Waals surface area contributed by atoms with Crippen LogP contribution in [-0.2, 0) is 17.3 Å². The van der Waals surface area contributed by atoms with Crippen molar-refractivity contribution in [1.82, 2.24) is 20.1 Å². The molecule has 1 fully saturated rings. The lowest BCUT2D eigenvalue weighted by molar-refractivity contribution is -0.141. The molecular weight excluding hydrogens is 565 g/mol. The van der Waals surface area contributed by atoms with Gasteiger partial charge in [-0.05, 0) is 66.6 Å². The molecule has 0 unspecified atom stereocenters. The number of alkyl halides is 3. The molecule has 2 heterocycles. The van der Waals surface area contributed by atoms with Crippen LogP contribution in [0.1, 0.15) is 53.7 Å². The van der Waals surface area contributed by atoms with E-state index in [0.29, 0.717) is 18.5 Å². The Balaban J connectivity index is 1.07. The Morgan fingerprint density at radius 3 is 2.14 bits per heavy atom. The zero-order chi connectivity index (χ0) is 30.9. The summed E-state index contributed by atoms with van der Waals surface area (Å²) in [4.78, 5) is 29.1. The normalized spacial score (nSPS) is 16.5. The number of piperidine rings is 1. The predicted octanol–water partition coefficient (Wildman–Crippen LogP) is 6.19. The summed E-state index contributed by atoms with van der Waals surface area (Å²) in [5.74, 6) is -0.664. The van der Waals surface area contributed by atoms with Gasteiger partial charge < -0.3 is 20.1 Å². The molecule has 3 aromatic carbocycles. The van der Waals surface area contributed by atoms with Crippen LogP contribution in [0.25, 0.3) is 22.0 Å². The molecule has 1 saturated heterocycles. The number of likely N-dealkylation sites (tertiary alicyclic amines) is 1. The Labute approximate surface area is 255 Å². The number of aryl methyl sites for hydroxylation is 1. The molecule has 230 valence electrons. The number of carbonyl (C=O) groups excluding carboxylic acids is 2. The molecule has 6 rings (SSSR count). The van der Waals surface area contributed by atoms with Crippen LogP contribution < -0.4 is 10.6 Å². The van der Waals surface area contributed by atoms with Crippen LogP contribution in [0.2, 0.25) is 0 Å². The summed E-state index contributed by atoms with van der Waals surface area (Å²) >= 11 is 0. The zero-order valence-corrected chi connectivity index (χ0v) is 24.8. The van der Waals surface area contributed by atoms with Crippen LogP contribution in [0.15, 0.2) is 78.9 Å². The van der Waals surface area contributed by atoms with Crippen LogP contribution in [0.4, 0.5) is 13.2 Å². The highest BCUT2D eigenvalue weighted by Gasteiger charge is 2.49. The lowest BCUT2D eigenvalue weighted by Crippen LogP contribution is -2.47. The number of unbranched alkanes of at least 4 members (excludes halogenated alkanes) is 1. The van der Waals surface area contributed by atoms with Crippen LogP contribution in [0.3, 0.4) is 0 Å². The van der Waals surface area contributed by atoms with Crippen molar-refractivity contribution in [3.05, 3.63) is 95.7 Å². The smallest absolute Gasteiger partial charge is 0.348 e. The molecule has 0 spiro atoms. The van der Waals surface area contributed by atoms with Crippen molar-refractivity contribution < 1.29 is 22.8 Å². The first-order valence-corrected chi connectivity index (χ1v) is 15.3. The molecule has 44 heavy (non-hydrogen) atoms. The van der Waals surface area contributed by atoms with E-state index >= 15 is 0 Å². The second kappa shape index (κ2) is 12.1. The SMILES string of the molecule is Cn1c(C(=O)NC2CCN(CCCCC3(C(=O)NCC(F)(F)F)c4ccccc4-c4ccccc43)CC2)cc2ccccc21. The molecule has 0 saturated carbocycles. The number of aromatic nitrogens is 1. The number of fused-ring (bicyclic) bond motifs is 4. The highest BCUT2D eigenvalue weighted by atomic mass is 19.4. The first-order chi connectivity index (χ1) is 21.2. The molecule has 0 bridgehead atoms. The quantitative estimate of drug-likeness (QED) is 0.225. The number of para-hydroxylation sites is 1. The van der Waals surface area contributed by atoms with E-state index in [4.69, 9.17) is 0 Å². The highest BCUT2D eigenvalue weighted by molar-refractivity contribution is 6.01. The molecule has 2 amide bonds. The molecule has 1 aliphatic carbocycles. The van der Waals surface area contributed by atoms with E-state index in [1.807, 2.05) is 90.5 Å². The van der Waals surface area contributed by atoms with Gasteiger partial charge in [-0.3, -0.25) is 9.59 Å². The van der Waals surface area contributed by atoms with Crippen LogP contribution in [-0.4, -0.2) is 59.7 Å². The van der Waals surface area contributed by atoms with Gasteiger partial charge in [0.1, 0.15) is 17.7 Å². The summed E-state index contributed by atoms with van der Waals surface area (Å²) in [5.41, 5.74) is 3.84. The minimum Gasteiger partial charge on any atom is -0.348 e. The molecular formula is C35H37F3N4O2. The number of halogens is 3. The lowest BCUT2D eigenvalue weighted by Gasteiger charge is -2.33. The minimum absolute atomic E-state index is 0.0617. The van der Waals surface area contributed by atoms with Crippen molar-refractivity contribution in [3.8, 4) is 11.1 Å². The molecule has 6 nitrogen and oxygen atoms in total. The van der Waals surface area contributed by atoms with Gasteiger partial charge in [-0.1, -0.05) is 73.2 Å². The van der Waals surface area contributed by atoms with E-state index in [2.05, 4.69) is 15.5 Å². The summed E-state index contributed by atoms with van der Waals surface area (Å²) in [6.07, 6.45) is -0.886. The standard InChI is InChI=1S/C35H37F3N4O2/c1-41-30-15-7-2-10-24(30)22-31(41)32(43)40-25-16-20-42(21-17-25)19-9-8-18-34(33(44)39-23-35(36,37)38)28-13-5-3-11-26(28)27-12-4-6-14-29(27)34/h2-7,10-15,22,25H,8-9,16-21,23H2,1H3,(H,39,44)(H,40,43). The maximum absolute atomic E-state index is 13.7. The van der Waals surface area contributed by atoms with Gasteiger partial charge in [0, 0.05) is 37.1 Å². The Bertz CT molecular complexity index is 1620. The topological polar surface area (TPSA) is 66.4 Å².